The highest BCUT2D eigenvalue weighted by Gasteiger charge is 2.22. The molecule has 22 heavy (non-hydrogen) atoms. The number of para-hydroxylation sites is 2. The Kier molecular flexibility index (Phi) is 3.45. The largest absolute Gasteiger partial charge is 0.308 e. The summed E-state index contributed by atoms with van der Waals surface area (Å²) in [5.74, 6) is 0. The number of anilines is 2. The van der Waals surface area contributed by atoms with Crippen molar-refractivity contribution >= 4 is 28.8 Å². The highest BCUT2D eigenvalue weighted by molar-refractivity contribution is 8.02. The third-order valence-corrected chi connectivity index (χ3v) is 4.67. The van der Waals surface area contributed by atoms with Crippen LogP contribution in [0.1, 0.15) is 5.56 Å². The molecule has 106 valence electrons. The molecule has 1 nitrogen and oxygen atoms in total. The van der Waals surface area contributed by atoms with E-state index in [9.17, 15) is 0 Å². The normalized spacial score (nSPS) is 13.5. The van der Waals surface area contributed by atoms with E-state index in [1.54, 1.807) is 11.8 Å². The van der Waals surface area contributed by atoms with E-state index in [0.717, 1.165) is 0 Å². The molecule has 0 bridgehead atoms. The van der Waals surface area contributed by atoms with Crippen LogP contribution >= 0.6 is 11.8 Å². The third-order valence-electron chi connectivity index (χ3n) is 3.73. The summed E-state index contributed by atoms with van der Waals surface area (Å²) in [6, 6.07) is 29.7. The van der Waals surface area contributed by atoms with Crippen LogP contribution in [0, 0.1) is 0 Å². The quantitative estimate of drug-likeness (QED) is 0.577. The SMILES string of the molecule is C1=C(c2ccccc2)N(c2ccccc2)c2ccccc2S1. The van der Waals surface area contributed by atoms with Crippen molar-refractivity contribution < 1.29 is 0 Å². The summed E-state index contributed by atoms with van der Waals surface area (Å²) in [4.78, 5) is 3.62. The molecule has 0 radical (unpaired) electrons. The molecule has 2 heteroatoms. The van der Waals surface area contributed by atoms with Crippen LogP contribution in [-0.4, -0.2) is 0 Å². The van der Waals surface area contributed by atoms with Crippen LogP contribution < -0.4 is 4.90 Å². The molecule has 0 amide bonds. The lowest BCUT2D eigenvalue weighted by Gasteiger charge is -2.32. The van der Waals surface area contributed by atoms with Gasteiger partial charge in [-0.1, -0.05) is 72.4 Å². The fourth-order valence-corrected chi connectivity index (χ4v) is 3.62. The zero-order valence-electron chi connectivity index (χ0n) is 12.0. The van der Waals surface area contributed by atoms with Gasteiger partial charge in [0.15, 0.2) is 0 Å². The second kappa shape index (κ2) is 5.74. The molecule has 0 saturated carbocycles. The van der Waals surface area contributed by atoms with Gasteiger partial charge >= 0.3 is 0 Å². The summed E-state index contributed by atoms with van der Waals surface area (Å²) in [7, 11) is 0. The maximum absolute atomic E-state index is 2.33. The highest BCUT2D eigenvalue weighted by Crippen LogP contribution is 2.45. The van der Waals surface area contributed by atoms with Gasteiger partial charge in [0, 0.05) is 16.0 Å². The predicted octanol–water partition coefficient (Wildman–Crippen LogP) is 5.93. The van der Waals surface area contributed by atoms with Crippen molar-refractivity contribution in [2.45, 2.75) is 4.90 Å². The molecule has 1 aliphatic rings. The fourth-order valence-electron chi connectivity index (χ4n) is 2.70. The van der Waals surface area contributed by atoms with Gasteiger partial charge in [-0.15, -0.1) is 0 Å². The van der Waals surface area contributed by atoms with Crippen molar-refractivity contribution in [3.8, 4) is 0 Å². The van der Waals surface area contributed by atoms with E-state index < -0.39 is 0 Å². The molecule has 0 saturated heterocycles. The van der Waals surface area contributed by atoms with E-state index in [-0.39, 0.29) is 0 Å². The van der Waals surface area contributed by atoms with Crippen LogP contribution in [0.2, 0.25) is 0 Å². The smallest absolute Gasteiger partial charge is 0.0601 e. The van der Waals surface area contributed by atoms with E-state index >= 15 is 0 Å². The Morgan fingerprint density at radius 1 is 0.636 bits per heavy atom. The average molecular weight is 301 g/mol. The molecule has 0 unspecified atom stereocenters. The minimum absolute atomic E-state index is 1.19. The molecular weight excluding hydrogens is 286 g/mol. The minimum atomic E-state index is 1.19. The van der Waals surface area contributed by atoms with Crippen molar-refractivity contribution in [2.24, 2.45) is 0 Å². The number of nitrogens with zero attached hydrogens (tertiary/aromatic N) is 1. The summed E-state index contributed by atoms with van der Waals surface area (Å²) in [5.41, 5.74) is 4.87. The predicted molar refractivity (Wildman–Crippen MR) is 95.3 cm³/mol. The molecule has 4 rings (SSSR count). The van der Waals surface area contributed by atoms with Gasteiger partial charge in [-0.3, -0.25) is 0 Å². The number of thioether (sulfide) groups is 1. The van der Waals surface area contributed by atoms with Crippen molar-refractivity contribution in [2.75, 3.05) is 4.90 Å². The van der Waals surface area contributed by atoms with Crippen LogP contribution in [0.3, 0.4) is 0 Å². The zero-order chi connectivity index (χ0) is 14.8. The van der Waals surface area contributed by atoms with Gasteiger partial charge in [0.25, 0.3) is 0 Å². The van der Waals surface area contributed by atoms with Crippen molar-refractivity contribution in [1.29, 1.82) is 0 Å². The van der Waals surface area contributed by atoms with E-state index in [0.29, 0.717) is 0 Å². The molecule has 1 heterocycles. The van der Waals surface area contributed by atoms with E-state index in [1.165, 1.54) is 27.5 Å². The Balaban J connectivity index is 1.90. The second-order valence-corrected chi connectivity index (χ2v) is 6.04. The lowest BCUT2D eigenvalue weighted by atomic mass is 10.1. The first-order chi connectivity index (χ1) is 10.9. The van der Waals surface area contributed by atoms with Crippen LogP contribution in [0.25, 0.3) is 5.70 Å². The molecular formula is C20H15NS. The summed E-state index contributed by atoms with van der Waals surface area (Å²) in [6.07, 6.45) is 0. The number of hydrogen-bond acceptors (Lipinski definition) is 2. The summed E-state index contributed by atoms with van der Waals surface area (Å²) in [5, 5.41) is 2.24. The zero-order valence-corrected chi connectivity index (χ0v) is 12.8. The number of benzene rings is 3. The van der Waals surface area contributed by atoms with Crippen LogP contribution in [0.5, 0.6) is 0 Å². The van der Waals surface area contributed by atoms with Gasteiger partial charge in [-0.25, -0.2) is 0 Å². The standard InChI is InChI=1S/C20H15NS/c1-3-9-16(10-4-1)19-15-22-20-14-8-7-13-18(20)21(19)17-11-5-2-6-12-17/h1-15H. The van der Waals surface area contributed by atoms with Crippen molar-refractivity contribution in [1.82, 2.24) is 0 Å². The molecule has 0 aromatic heterocycles. The van der Waals surface area contributed by atoms with E-state index in [1.807, 2.05) is 0 Å². The van der Waals surface area contributed by atoms with E-state index in [4.69, 9.17) is 0 Å². The Morgan fingerprint density at radius 2 is 1.27 bits per heavy atom. The van der Waals surface area contributed by atoms with Gasteiger partial charge in [0.1, 0.15) is 0 Å². The summed E-state index contributed by atoms with van der Waals surface area (Å²) >= 11 is 1.79. The highest BCUT2D eigenvalue weighted by atomic mass is 32.2. The van der Waals surface area contributed by atoms with Gasteiger partial charge in [0.05, 0.1) is 11.4 Å². The Bertz CT molecular complexity index is 809. The van der Waals surface area contributed by atoms with Crippen LogP contribution in [0.4, 0.5) is 11.4 Å². The first kappa shape index (κ1) is 13.2. The van der Waals surface area contributed by atoms with Crippen LogP contribution in [0.15, 0.2) is 95.2 Å². The molecule has 0 atom stereocenters. The van der Waals surface area contributed by atoms with Crippen LogP contribution in [-0.2, 0) is 0 Å². The molecule has 0 aliphatic carbocycles. The van der Waals surface area contributed by atoms with Crippen molar-refractivity contribution in [3.63, 3.8) is 0 Å². The molecule has 3 aromatic rings. The van der Waals surface area contributed by atoms with Gasteiger partial charge < -0.3 is 4.90 Å². The molecule has 3 aromatic carbocycles. The lowest BCUT2D eigenvalue weighted by Crippen LogP contribution is -2.17. The monoisotopic (exact) mass is 301 g/mol. The lowest BCUT2D eigenvalue weighted by molar-refractivity contribution is 1.23. The molecule has 0 fully saturated rings. The summed E-state index contributed by atoms with van der Waals surface area (Å²) < 4.78 is 0. The van der Waals surface area contributed by atoms with Gasteiger partial charge in [-0.05, 0) is 29.8 Å². The second-order valence-electron chi connectivity index (χ2n) is 5.13. The number of hydrogen-bond donors (Lipinski definition) is 0. The Morgan fingerprint density at radius 3 is 2.05 bits per heavy atom. The van der Waals surface area contributed by atoms with Gasteiger partial charge in [0.2, 0.25) is 0 Å². The Hall–Kier alpha value is -2.45. The number of rotatable bonds is 2. The summed E-state index contributed by atoms with van der Waals surface area (Å²) in [6.45, 7) is 0. The van der Waals surface area contributed by atoms with E-state index in [2.05, 4.69) is 95.2 Å². The fraction of sp³-hybridized carbons (Fsp3) is 0. The maximum atomic E-state index is 2.33. The molecule has 0 N–H and O–H groups in total. The topological polar surface area (TPSA) is 3.24 Å². The maximum Gasteiger partial charge on any atom is 0.0601 e. The molecule has 1 aliphatic heterocycles. The average Bonchev–Trinajstić information content (AvgIpc) is 2.62. The minimum Gasteiger partial charge on any atom is -0.308 e. The Labute approximate surface area is 134 Å². The third kappa shape index (κ3) is 2.32. The number of fused-ring (bicyclic) bond motifs is 1. The molecule has 0 spiro atoms. The van der Waals surface area contributed by atoms with Gasteiger partial charge in [-0.2, -0.15) is 0 Å². The van der Waals surface area contributed by atoms with Crippen molar-refractivity contribution in [3.05, 3.63) is 95.9 Å². The first-order valence-electron chi connectivity index (χ1n) is 7.30. The first-order valence-corrected chi connectivity index (χ1v) is 8.18.